The molecule has 0 saturated heterocycles. The third-order valence-electron chi connectivity index (χ3n) is 5.82. The van der Waals surface area contributed by atoms with Crippen LogP contribution < -0.4 is 0 Å². The van der Waals surface area contributed by atoms with Gasteiger partial charge >= 0.3 is 0 Å². The standard InChI is InChI=1S/C27H24N2/c1-4-6-14-23-19(5-2)20-12-7-10-16-24(20)29(23)26-18-11-17-25-27(26)21-13-8-9-15-22(21)28(25)3/h5-18H,2,4H2,1,3H3/b14-6-. The Hall–Kier alpha value is -3.52. The highest BCUT2D eigenvalue weighted by Gasteiger charge is 2.18. The Morgan fingerprint density at radius 2 is 1.52 bits per heavy atom. The second-order valence-electron chi connectivity index (χ2n) is 7.41. The molecule has 142 valence electrons. The largest absolute Gasteiger partial charge is 0.344 e. The number of aromatic nitrogens is 2. The van der Waals surface area contributed by atoms with E-state index < -0.39 is 0 Å². The molecule has 5 aromatic rings. The maximum absolute atomic E-state index is 4.12. The van der Waals surface area contributed by atoms with Crippen molar-refractivity contribution in [3.63, 3.8) is 0 Å². The number of fused-ring (bicyclic) bond motifs is 4. The molecule has 0 unspecified atom stereocenters. The van der Waals surface area contributed by atoms with Crippen molar-refractivity contribution in [1.82, 2.24) is 9.13 Å². The molecule has 2 heterocycles. The van der Waals surface area contributed by atoms with E-state index in [1.54, 1.807) is 0 Å². The Morgan fingerprint density at radius 1 is 0.828 bits per heavy atom. The van der Waals surface area contributed by atoms with E-state index in [1.165, 1.54) is 49.7 Å². The highest BCUT2D eigenvalue weighted by Crippen LogP contribution is 2.37. The minimum absolute atomic E-state index is 0.997. The number of hydrogen-bond acceptors (Lipinski definition) is 0. The molecule has 0 aliphatic rings. The molecular weight excluding hydrogens is 352 g/mol. The van der Waals surface area contributed by atoms with Gasteiger partial charge in [0.05, 0.1) is 22.4 Å². The predicted octanol–water partition coefficient (Wildman–Crippen LogP) is 7.34. The lowest BCUT2D eigenvalue weighted by Crippen LogP contribution is -1.98. The van der Waals surface area contributed by atoms with Crippen molar-refractivity contribution >= 4 is 44.9 Å². The third kappa shape index (κ3) is 2.49. The molecule has 5 rings (SSSR count). The molecule has 3 aromatic carbocycles. The summed E-state index contributed by atoms with van der Waals surface area (Å²) in [7, 11) is 2.15. The number of para-hydroxylation sites is 2. The van der Waals surface area contributed by atoms with E-state index in [0.717, 1.165) is 6.42 Å². The quantitative estimate of drug-likeness (QED) is 0.310. The van der Waals surface area contributed by atoms with Gasteiger partial charge in [0.15, 0.2) is 0 Å². The van der Waals surface area contributed by atoms with Gasteiger partial charge in [-0.05, 0) is 36.8 Å². The van der Waals surface area contributed by atoms with E-state index in [1.807, 2.05) is 6.08 Å². The van der Waals surface area contributed by atoms with Crippen LogP contribution in [-0.4, -0.2) is 9.13 Å². The molecule has 0 atom stereocenters. The highest BCUT2D eigenvalue weighted by molar-refractivity contribution is 6.13. The summed E-state index contributed by atoms with van der Waals surface area (Å²) in [4.78, 5) is 0. The van der Waals surface area contributed by atoms with Crippen LogP contribution in [0.3, 0.4) is 0 Å². The molecule has 0 aliphatic heterocycles. The van der Waals surface area contributed by atoms with Crippen LogP contribution in [0.15, 0.2) is 79.4 Å². The Kier molecular flexibility index (Phi) is 4.13. The maximum Gasteiger partial charge on any atom is 0.0562 e. The van der Waals surface area contributed by atoms with E-state index >= 15 is 0 Å². The summed E-state index contributed by atoms with van der Waals surface area (Å²) in [5.41, 5.74) is 7.28. The van der Waals surface area contributed by atoms with Crippen LogP contribution in [0.1, 0.15) is 24.6 Å². The zero-order valence-electron chi connectivity index (χ0n) is 16.9. The van der Waals surface area contributed by atoms with Gasteiger partial charge in [-0.2, -0.15) is 0 Å². The minimum atomic E-state index is 0.997. The van der Waals surface area contributed by atoms with Gasteiger partial charge in [-0.1, -0.05) is 68.1 Å². The predicted molar refractivity (Wildman–Crippen MR) is 127 cm³/mol. The lowest BCUT2D eigenvalue weighted by molar-refractivity contribution is 1.01. The lowest BCUT2D eigenvalue weighted by atomic mass is 10.1. The molecule has 0 N–H and O–H groups in total. The van der Waals surface area contributed by atoms with Crippen molar-refractivity contribution in [2.75, 3.05) is 0 Å². The third-order valence-corrected chi connectivity index (χ3v) is 5.82. The smallest absolute Gasteiger partial charge is 0.0562 e. The van der Waals surface area contributed by atoms with Crippen LogP contribution >= 0.6 is 0 Å². The Morgan fingerprint density at radius 3 is 2.28 bits per heavy atom. The number of aryl methyl sites for hydroxylation is 1. The van der Waals surface area contributed by atoms with Crippen molar-refractivity contribution in [3.8, 4) is 5.69 Å². The first-order chi connectivity index (χ1) is 14.3. The molecule has 0 saturated carbocycles. The normalized spacial score (nSPS) is 11.9. The zero-order chi connectivity index (χ0) is 20.0. The van der Waals surface area contributed by atoms with Gasteiger partial charge in [-0.3, -0.25) is 0 Å². The molecule has 0 radical (unpaired) electrons. The van der Waals surface area contributed by atoms with Crippen LogP contribution in [0.25, 0.3) is 50.5 Å². The Labute approximate surface area is 171 Å². The topological polar surface area (TPSA) is 9.86 Å². The van der Waals surface area contributed by atoms with Crippen molar-refractivity contribution in [2.24, 2.45) is 7.05 Å². The fraction of sp³-hybridized carbons (Fsp3) is 0.111. The lowest BCUT2D eigenvalue weighted by Gasteiger charge is -2.12. The highest BCUT2D eigenvalue weighted by atomic mass is 15.0. The van der Waals surface area contributed by atoms with Gasteiger partial charge in [0.2, 0.25) is 0 Å². The summed E-state index contributed by atoms with van der Waals surface area (Å²) in [6.07, 6.45) is 7.44. The van der Waals surface area contributed by atoms with E-state index in [9.17, 15) is 0 Å². The van der Waals surface area contributed by atoms with Gasteiger partial charge in [0.1, 0.15) is 0 Å². The molecule has 0 bridgehead atoms. The van der Waals surface area contributed by atoms with Crippen LogP contribution in [0.5, 0.6) is 0 Å². The summed E-state index contributed by atoms with van der Waals surface area (Å²) in [5.74, 6) is 0. The summed E-state index contributed by atoms with van der Waals surface area (Å²) in [6, 6.07) is 23.9. The molecular formula is C27H24N2. The molecule has 29 heavy (non-hydrogen) atoms. The van der Waals surface area contributed by atoms with Gasteiger partial charge in [-0.25, -0.2) is 0 Å². The van der Waals surface area contributed by atoms with Crippen LogP contribution in [0.2, 0.25) is 0 Å². The van der Waals surface area contributed by atoms with E-state index in [4.69, 9.17) is 0 Å². The Bertz CT molecular complexity index is 1410. The van der Waals surface area contributed by atoms with Gasteiger partial charge < -0.3 is 9.13 Å². The zero-order valence-corrected chi connectivity index (χ0v) is 16.9. The summed E-state index contributed by atoms with van der Waals surface area (Å²) in [6.45, 7) is 6.29. The van der Waals surface area contributed by atoms with Crippen molar-refractivity contribution < 1.29 is 0 Å². The van der Waals surface area contributed by atoms with Crippen LogP contribution in [-0.2, 0) is 7.05 Å². The molecule has 0 fully saturated rings. The van der Waals surface area contributed by atoms with Crippen molar-refractivity contribution in [3.05, 3.63) is 90.6 Å². The SMILES string of the molecule is C=Cc1c(/C=C\CC)n(-c2cccc3c2c2ccccc2n3C)c2ccccc12. The first kappa shape index (κ1) is 17.6. The number of allylic oxidation sites excluding steroid dienone is 1. The maximum atomic E-state index is 4.12. The Balaban J connectivity index is 2.00. The molecule has 0 aliphatic carbocycles. The van der Waals surface area contributed by atoms with E-state index in [0.29, 0.717) is 0 Å². The average molecular weight is 377 g/mol. The number of rotatable bonds is 4. The van der Waals surface area contributed by atoms with Gasteiger partial charge in [0, 0.05) is 34.3 Å². The second kappa shape index (κ2) is 6.82. The van der Waals surface area contributed by atoms with Crippen molar-refractivity contribution in [1.29, 1.82) is 0 Å². The molecule has 0 spiro atoms. The fourth-order valence-electron chi connectivity index (χ4n) is 4.53. The first-order valence-corrected chi connectivity index (χ1v) is 10.1. The van der Waals surface area contributed by atoms with E-state index in [2.05, 4.69) is 109 Å². The van der Waals surface area contributed by atoms with E-state index in [-0.39, 0.29) is 0 Å². The first-order valence-electron chi connectivity index (χ1n) is 10.1. The monoisotopic (exact) mass is 376 g/mol. The summed E-state index contributed by atoms with van der Waals surface area (Å²) in [5, 5.41) is 3.80. The number of hydrogen-bond donors (Lipinski definition) is 0. The van der Waals surface area contributed by atoms with Crippen molar-refractivity contribution in [2.45, 2.75) is 13.3 Å². The van der Waals surface area contributed by atoms with Gasteiger partial charge in [-0.15, -0.1) is 0 Å². The summed E-state index contributed by atoms with van der Waals surface area (Å²) >= 11 is 0. The molecule has 2 nitrogen and oxygen atoms in total. The molecule has 2 heteroatoms. The second-order valence-corrected chi connectivity index (χ2v) is 7.41. The number of nitrogens with zero attached hydrogens (tertiary/aromatic N) is 2. The minimum Gasteiger partial charge on any atom is -0.344 e. The van der Waals surface area contributed by atoms with Gasteiger partial charge in [0.25, 0.3) is 0 Å². The molecule has 2 aromatic heterocycles. The van der Waals surface area contributed by atoms with Crippen LogP contribution in [0.4, 0.5) is 0 Å². The molecule has 0 amide bonds. The number of benzene rings is 3. The van der Waals surface area contributed by atoms with Crippen LogP contribution in [0, 0.1) is 0 Å². The average Bonchev–Trinajstić information content (AvgIpc) is 3.24. The fourth-order valence-corrected chi connectivity index (χ4v) is 4.53. The summed E-state index contributed by atoms with van der Waals surface area (Å²) < 4.78 is 4.68.